The number of carbonyl (C=O) groups excluding carboxylic acids is 2. The number of rotatable bonds is 6. The molecule has 1 spiro atoms. The Kier molecular flexibility index (Phi) is 6.83. The number of carboxylic acid groups (broad SMARTS) is 2. The summed E-state index contributed by atoms with van der Waals surface area (Å²) in [6, 6.07) is 0.0146. The molecule has 2 aliphatic heterocycles. The number of aromatic hydroxyl groups is 1. The Balaban J connectivity index is 1.55. The lowest BCUT2D eigenvalue weighted by Gasteiger charge is -2.65. The number of esters is 1. The van der Waals surface area contributed by atoms with E-state index in [4.69, 9.17) is 14.6 Å². The van der Waals surface area contributed by atoms with Crippen molar-refractivity contribution in [3.63, 3.8) is 0 Å². The van der Waals surface area contributed by atoms with Gasteiger partial charge in [0.2, 0.25) is 0 Å². The van der Waals surface area contributed by atoms with E-state index >= 15 is 0 Å². The van der Waals surface area contributed by atoms with Gasteiger partial charge in [0.05, 0.1) is 18.2 Å². The molecule has 11 nitrogen and oxygen atoms in total. The molecule has 1 aromatic carbocycles. The van der Waals surface area contributed by atoms with Gasteiger partial charge in [-0.2, -0.15) is 0 Å². The maximum atomic E-state index is 13.4. The van der Waals surface area contributed by atoms with Crippen molar-refractivity contribution in [2.45, 2.75) is 104 Å². The van der Waals surface area contributed by atoms with E-state index in [1.807, 2.05) is 13.8 Å². The number of hydrogen-bond donors (Lipinski definition) is 4. The van der Waals surface area contributed by atoms with Gasteiger partial charge in [-0.1, -0.05) is 27.7 Å². The van der Waals surface area contributed by atoms with Gasteiger partial charge in [0.15, 0.2) is 0 Å². The molecule has 0 radical (unpaired) electrons. The molecular formula is C30H39NO10. The summed E-state index contributed by atoms with van der Waals surface area (Å²) in [7, 11) is 0. The van der Waals surface area contributed by atoms with Crippen LogP contribution in [0.2, 0.25) is 0 Å². The number of carboxylic acids is 2. The average molecular weight is 574 g/mol. The van der Waals surface area contributed by atoms with Crippen LogP contribution < -0.4 is 4.74 Å². The Hall–Kier alpha value is -3.34. The summed E-state index contributed by atoms with van der Waals surface area (Å²) in [4.78, 5) is 49.6. The van der Waals surface area contributed by atoms with Crippen molar-refractivity contribution in [3.05, 3.63) is 22.8 Å². The molecule has 7 atom stereocenters. The van der Waals surface area contributed by atoms with E-state index in [0.717, 1.165) is 17.7 Å². The third-order valence-corrected chi connectivity index (χ3v) is 10.6. The van der Waals surface area contributed by atoms with E-state index < -0.39 is 64.9 Å². The molecule has 41 heavy (non-hydrogen) atoms. The van der Waals surface area contributed by atoms with Gasteiger partial charge in [0, 0.05) is 41.7 Å². The second-order valence-electron chi connectivity index (χ2n) is 13.2. The van der Waals surface area contributed by atoms with E-state index in [9.17, 15) is 34.5 Å². The van der Waals surface area contributed by atoms with E-state index in [2.05, 4.69) is 13.8 Å². The molecule has 0 bridgehead atoms. The SMILES string of the molecule is CC(=O)O[C@@H]1[C@@H](O)C[C@@]2(C)[C@@H](CC[C@@H](C)[C@@]23Cc2c(O)cc4c(c2O3)CN([C@@H](CCC(=O)O)C(=O)O)C4=O)C1(C)C. The average Bonchev–Trinajstić information content (AvgIpc) is 3.41. The summed E-state index contributed by atoms with van der Waals surface area (Å²) < 4.78 is 12.6. The monoisotopic (exact) mass is 573 g/mol. The van der Waals surface area contributed by atoms with Gasteiger partial charge >= 0.3 is 17.9 Å². The molecule has 1 aromatic rings. The number of hydrogen-bond acceptors (Lipinski definition) is 8. The second kappa shape index (κ2) is 9.61. The minimum atomic E-state index is -1.35. The standard InChI is InChI=1S/C30H39NO10/c1-14-6-8-22-28(3,4)25(40-15(2)32)21(34)12-29(22,5)30(14)11-17-20(33)10-16-18(24(17)41-30)13-31(26(16)37)19(27(38)39)7-9-23(35)36/h10,14,19,21-22,25,33-34H,6-9,11-13H2,1-5H3,(H,35,36)(H,38,39)/t14-,19+,21+,22+,25-,29+,30+/m1/s1. The quantitative estimate of drug-likeness (QED) is 0.371. The number of aliphatic hydroxyl groups is 1. The summed E-state index contributed by atoms with van der Waals surface area (Å²) in [5.41, 5.74) is -0.874. The van der Waals surface area contributed by atoms with E-state index in [1.54, 1.807) is 0 Å². The zero-order valence-electron chi connectivity index (χ0n) is 24.1. The van der Waals surface area contributed by atoms with Gasteiger partial charge in [-0.05, 0) is 43.6 Å². The zero-order chi connectivity index (χ0) is 30.2. The lowest BCUT2D eigenvalue weighted by Crippen LogP contribution is -2.69. The lowest BCUT2D eigenvalue weighted by molar-refractivity contribution is -0.246. The highest BCUT2D eigenvalue weighted by atomic mass is 16.6. The highest BCUT2D eigenvalue weighted by Gasteiger charge is 2.69. The van der Waals surface area contributed by atoms with Crippen molar-refractivity contribution in [2.75, 3.05) is 0 Å². The second-order valence-corrected chi connectivity index (χ2v) is 13.2. The summed E-state index contributed by atoms with van der Waals surface area (Å²) in [5.74, 6) is -3.26. The number of amides is 1. The normalized spacial score (nSPS) is 33.9. The fourth-order valence-corrected chi connectivity index (χ4v) is 8.75. The number of phenolic OH excluding ortho intramolecular Hbond substituents is 1. The number of fused-ring (bicyclic) bond motifs is 5. The van der Waals surface area contributed by atoms with Crippen molar-refractivity contribution in [3.8, 4) is 11.5 Å². The van der Waals surface area contributed by atoms with Crippen LogP contribution in [-0.2, 0) is 32.1 Å². The molecular weight excluding hydrogens is 534 g/mol. The van der Waals surface area contributed by atoms with Gasteiger partial charge in [0.25, 0.3) is 5.91 Å². The predicted octanol–water partition coefficient (Wildman–Crippen LogP) is 3.11. The number of nitrogens with zero attached hydrogens (tertiary/aromatic N) is 1. The van der Waals surface area contributed by atoms with Crippen LogP contribution in [0.5, 0.6) is 11.5 Å². The van der Waals surface area contributed by atoms with Crippen LogP contribution in [-0.4, -0.2) is 73.0 Å². The summed E-state index contributed by atoms with van der Waals surface area (Å²) >= 11 is 0. The molecule has 224 valence electrons. The van der Waals surface area contributed by atoms with Crippen LogP contribution in [0, 0.1) is 22.7 Å². The Morgan fingerprint density at radius 1 is 1.17 bits per heavy atom. The molecule has 0 saturated heterocycles. The molecule has 5 rings (SSSR count). The minimum absolute atomic E-state index is 0.00556. The van der Waals surface area contributed by atoms with Gasteiger partial charge in [0.1, 0.15) is 29.2 Å². The predicted molar refractivity (Wildman–Crippen MR) is 143 cm³/mol. The van der Waals surface area contributed by atoms with Crippen LogP contribution in [0.25, 0.3) is 0 Å². The fourth-order valence-electron chi connectivity index (χ4n) is 8.75. The number of phenols is 1. The highest BCUT2D eigenvalue weighted by molar-refractivity contribution is 6.02. The topological polar surface area (TPSA) is 171 Å². The Labute approximate surface area is 238 Å². The number of carbonyl (C=O) groups is 4. The van der Waals surface area contributed by atoms with Crippen molar-refractivity contribution < 1.29 is 49.1 Å². The van der Waals surface area contributed by atoms with Crippen LogP contribution >= 0.6 is 0 Å². The van der Waals surface area contributed by atoms with E-state index in [-0.39, 0.29) is 36.1 Å². The fraction of sp³-hybridized carbons (Fsp3) is 0.667. The summed E-state index contributed by atoms with van der Waals surface area (Å²) in [5, 5.41) is 41.4. The van der Waals surface area contributed by atoms with Crippen LogP contribution in [0.3, 0.4) is 0 Å². The highest BCUT2D eigenvalue weighted by Crippen LogP contribution is 2.67. The van der Waals surface area contributed by atoms with Crippen molar-refractivity contribution in [2.24, 2.45) is 22.7 Å². The Bertz CT molecular complexity index is 1320. The largest absolute Gasteiger partial charge is 0.508 e. The first kappa shape index (κ1) is 29.2. The number of benzene rings is 1. The lowest BCUT2D eigenvalue weighted by atomic mass is 9.43. The first-order valence-corrected chi connectivity index (χ1v) is 14.2. The van der Waals surface area contributed by atoms with E-state index in [1.165, 1.54) is 13.0 Å². The third-order valence-electron chi connectivity index (χ3n) is 10.6. The summed E-state index contributed by atoms with van der Waals surface area (Å²) in [6.45, 7) is 9.45. The van der Waals surface area contributed by atoms with Gasteiger partial charge in [-0.3, -0.25) is 14.4 Å². The molecule has 1 amide bonds. The van der Waals surface area contributed by atoms with Crippen LogP contribution in [0.15, 0.2) is 6.07 Å². The number of aliphatic carboxylic acids is 2. The molecule has 11 heteroatoms. The molecule has 0 unspecified atom stereocenters. The number of ether oxygens (including phenoxy) is 2. The molecule has 4 aliphatic rings. The van der Waals surface area contributed by atoms with Crippen molar-refractivity contribution in [1.29, 1.82) is 0 Å². The van der Waals surface area contributed by atoms with Gasteiger partial charge in [-0.15, -0.1) is 0 Å². The maximum Gasteiger partial charge on any atom is 0.326 e. The van der Waals surface area contributed by atoms with Crippen molar-refractivity contribution in [1.82, 2.24) is 4.90 Å². The van der Waals surface area contributed by atoms with Gasteiger partial charge < -0.3 is 34.8 Å². The summed E-state index contributed by atoms with van der Waals surface area (Å²) in [6.07, 6.45) is -0.0166. The molecule has 2 fully saturated rings. The first-order valence-electron chi connectivity index (χ1n) is 14.2. The Morgan fingerprint density at radius 2 is 1.85 bits per heavy atom. The molecule has 2 heterocycles. The maximum absolute atomic E-state index is 13.4. The first-order chi connectivity index (χ1) is 19.0. The Morgan fingerprint density at radius 3 is 2.46 bits per heavy atom. The third kappa shape index (κ3) is 4.18. The van der Waals surface area contributed by atoms with Gasteiger partial charge in [-0.25, -0.2) is 4.79 Å². The van der Waals surface area contributed by atoms with E-state index in [0.29, 0.717) is 29.7 Å². The molecule has 2 saturated carbocycles. The number of aliphatic hydroxyl groups excluding tert-OH is 1. The minimum Gasteiger partial charge on any atom is -0.508 e. The van der Waals surface area contributed by atoms with Crippen molar-refractivity contribution >= 4 is 23.8 Å². The van der Waals surface area contributed by atoms with Crippen LogP contribution in [0.1, 0.15) is 88.2 Å². The molecule has 4 N–H and O–H groups in total. The zero-order valence-corrected chi connectivity index (χ0v) is 24.1. The molecule has 2 aliphatic carbocycles. The van der Waals surface area contributed by atoms with Crippen LogP contribution in [0.4, 0.5) is 0 Å². The molecule has 0 aromatic heterocycles. The smallest absolute Gasteiger partial charge is 0.326 e.